The molecule has 2 unspecified atom stereocenters. The van der Waals surface area contributed by atoms with Crippen molar-refractivity contribution in [3.63, 3.8) is 0 Å². The van der Waals surface area contributed by atoms with E-state index in [0.29, 0.717) is 12.8 Å². The summed E-state index contributed by atoms with van der Waals surface area (Å²) in [6, 6.07) is 0. The van der Waals surface area contributed by atoms with E-state index in [2.05, 4.69) is 4.98 Å². The minimum absolute atomic E-state index is 0.128. The maximum Gasteiger partial charge on any atom is 0.296 e. The zero-order valence-electron chi connectivity index (χ0n) is 10.1. The summed E-state index contributed by atoms with van der Waals surface area (Å²) in [5, 5.41) is 9.71. The van der Waals surface area contributed by atoms with E-state index in [1.54, 1.807) is 0 Å². The lowest BCUT2D eigenvalue weighted by Crippen LogP contribution is -2.47. The molecule has 1 saturated heterocycles. The van der Waals surface area contributed by atoms with Crippen LogP contribution in [0.1, 0.15) is 29.2 Å². The molecule has 2 bridgehead atoms. The molecule has 4 heterocycles. The molecule has 19 heavy (non-hydrogen) atoms. The molecule has 8 nitrogen and oxygen atoms in total. The van der Waals surface area contributed by atoms with Crippen LogP contribution in [0.3, 0.4) is 0 Å². The highest BCUT2D eigenvalue weighted by Gasteiger charge is 2.42. The molecule has 3 aliphatic heterocycles. The van der Waals surface area contributed by atoms with Crippen molar-refractivity contribution < 1.29 is 14.6 Å². The van der Waals surface area contributed by atoms with Gasteiger partial charge in [0.05, 0.1) is 24.8 Å². The number of carbonyl (C=O) groups excluding carboxylic acids is 1. The molecule has 5 N–H and O–H groups in total. The zero-order chi connectivity index (χ0) is 13.8. The highest BCUT2D eigenvalue weighted by atomic mass is 16.5. The van der Waals surface area contributed by atoms with Crippen LogP contribution in [0.25, 0.3) is 0 Å². The van der Waals surface area contributed by atoms with Crippen LogP contribution in [-0.2, 0) is 16.8 Å². The third-order valence-corrected chi connectivity index (χ3v) is 3.70. The van der Waals surface area contributed by atoms with Crippen molar-refractivity contribution in [2.75, 3.05) is 6.61 Å². The number of aromatic nitrogens is 2. The first kappa shape index (κ1) is 12.1. The van der Waals surface area contributed by atoms with Crippen LogP contribution < -0.4 is 17.0 Å². The lowest BCUT2D eigenvalue weighted by molar-refractivity contribution is -0.0232. The van der Waals surface area contributed by atoms with Crippen LogP contribution in [0.5, 0.6) is 5.75 Å². The van der Waals surface area contributed by atoms with Crippen molar-refractivity contribution in [3.05, 3.63) is 21.9 Å². The van der Waals surface area contributed by atoms with Gasteiger partial charge in [-0.25, -0.2) is 4.98 Å². The molecular formula is C11H14N4O4. The fourth-order valence-electron chi connectivity index (χ4n) is 2.63. The van der Waals surface area contributed by atoms with E-state index in [4.69, 9.17) is 16.2 Å². The highest BCUT2D eigenvalue weighted by Crippen LogP contribution is 2.33. The molecule has 1 fully saturated rings. The number of nitrogens with zero attached hydrogens (tertiary/aromatic N) is 2. The number of rotatable bonds is 1. The standard InChI is InChI=1S/C11H14N4O4/c12-8(17)6-7(16)9(18)15-3-5-1-2-11(13,4-19-5)10(15)14-6/h5,16H,1-4,13H2,(H2,12,17). The van der Waals surface area contributed by atoms with Gasteiger partial charge in [0.15, 0.2) is 5.69 Å². The van der Waals surface area contributed by atoms with Crippen LogP contribution in [0.15, 0.2) is 4.79 Å². The van der Waals surface area contributed by atoms with E-state index in [1.165, 1.54) is 4.57 Å². The third kappa shape index (κ3) is 1.64. The topological polar surface area (TPSA) is 133 Å². The van der Waals surface area contributed by atoms with Crippen LogP contribution >= 0.6 is 0 Å². The summed E-state index contributed by atoms with van der Waals surface area (Å²) in [6.07, 6.45) is 1.18. The van der Waals surface area contributed by atoms with Gasteiger partial charge in [-0.05, 0) is 12.8 Å². The van der Waals surface area contributed by atoms with Crippen molar-refractivity contribution in [2.24, 2.45) is 11.5 Å². The molecule has 1 aromatic heterocycles. The maximum absolute atomic E-state index is 12.1. The Labute approximate surface area is 108 Å². The quantitative estimate of drug-likeness (QED) is 0.560. The maximum atomic E-state index is 12.1. The van der Waals surface area contributed by atoms with E-state index in [9.17, 15) is 14.7 Å². The Bertz CT molecular complexity index is 616. The molecule has 1 aromatic rings. The zero-order valence-corrected chi connectivity index (χ0v) is 10.1. The summed E-state index contributed by atoms with van der Waals surface area (Å²) in [7, 11) is 0. The molecule has 0 aliphatic carbocycles. The molecule has 0 radical (unpaired) electrons. The summed E-state index contributed by atoms with van der Waals surface area (Å²) in [5.74, 6) is -1.44. The van der Waals surface area contributed by atoms with Crippen molar-refractivity contribution in [1.82, 2.24) is 9.55 Å². The van der Waals surface area contributed by atoms with Crippen LogP contribution in [0.4, 0.5) is 0 Å². The first-order valence-electron chi connectivity index (χ1n) is 5.97. The van der Waals surface area contributed by atoms with E-state index >= 15 is 0 Å². The summed E-state index contributed by atoms with van der Waals surface area (Å²) in [5.41, 5.74) is 9.26. The highest BCUT2D eigenvalue weighted by molar-refractivity contribution is 5.93. The molecule has 8 heteroatoms. The first-order chi connectivity index (χ1) is 8.92. The number of fused-ring (bicyclic) bond motifs is 2. The normalized spacial score (nSPS) is 28.8. The van der Waals surface area contributed by atoms with Gasteiger partial charge in [0.25, 0.3) is 11.5 Å². The summed E-state index contributed by atoms with van der Waals surface area (Å²) in [4.78, 5) is 27.4. The SMILES string of the molecule is NC(=O)c1nc2n(c(=O)c1O)CC1CCC2(N)CO1. The van der Waals surface area contributed by atoms with Gasteiger partial charge in [-0.3, -0.25) is 14.2 Å². The molecule has 3 aliphatic rings. The van der Waals surface area contributed by atoms with Crippen molar-refractivity contribution in [3.8, 4) is 5.75 Å². The number of carbonyl (C=O) groups is 1. The largest absolute Gasteiger partial charge is 0.501 e. The predicted molar refractivity (Wildman–Crippen MR) is 63.5 cm³/mol. The predicted octanol–water partition coefficient (Wildman–Crippen LogP) is -1.61. The van der Waals surface area contributed by atoms with Gasteiger partial charge in [0.2, 0.25) is 5.75 Å². The summed E-state index contributed by atoms with van der Waals surface area (Å²) < 4.78 is 6.84. The average Bonchev–Trinajstić information content (AvgIpc) is 2.59. The Morgan fingerprint density at radius 3 is 2.89 bits per heavy atom. The number of primary amides is 1. The first-order valence-corrected chi connectivity index (χ1v) is 5.97. The number of hydrogen-bond acceptors (Lipinski definition) is 6. The second kappa shape index (κ2) is 3.78. The van der Waals surface area contributed by atoms with Crippen molar-refractivity contribution in [2.45, 2.75) is 31.0 Å². The minimum Gasteiger partial charge on any atom is -0.501 e. The monoisotopic (exact) mass is 266 g/mol. The minimum atomic E-state index is -0.957. The van der Waals surface area contributed by atoms with Gasteiger partial charge in [-0.1, -0.05) is 0 Å². The number of hydrogen-bond donors (Lipinski definition) is 3. The Kier molecular flexibility index (Phi) is 2.41. The van der Waals surface area contributed by atoms with Gasteiger partial charge in [-0.15, -0.1) is 0 Å². The number of amides is 1. The Hall–Kier alpha value is -1.93. The van der Waals surface area contributed by atoms with Crippen LogP contribution in [0, 0.1) is 0 Å². The van der Waals surface area contributed by atoms with Gasteiger partial charge in [0.1, 0.15) is 5.82 Å². The number of nitrogens with two attached hydrogens (primary N) is 2. The van der Waals surface area contributed by atoms with E-state index in [-0.39, 0.29) is 25.1 Å². The van der Waals surface area contributed by atoms with Crippen LogP contribution in [-0.4, -0.2) is 33.3 Å². The molecule has 0 aromatic carbocycles. The lowest BCUT2D eigenvalue weighted by Gasteiger charge is -2.32. The summed E-state index contributed by atoms with van der Waals surface area (Å²) in [6.45, 7) is 0.500. The second-order valence-corrected chi connectivity index (χ2v) is 5.04. The molecule has 4 rings (SSSR count). The molecule has 0 saturated carbocycles. The molecule has 2 atom stereocenters. The summed E-state index contributed by atoms with van der Waals surface area (Å²) >= 11 is 0. The molecule has 1 amide bonds. The molecule has 0 spiro atoms. The van der Waals surface area contributed by atoms with Gasteiger partial charge in [0, 0.05) is 0 Å². The van der Waals surface area contributed by atoms with Gasteiger partial charge >= 0.3 is 0 Å². The van der Waals surface area contributed by atoms with E-state index in [1.807, 2.05) is 0 Å². The second-order valence-electron chi connectivity index (χ2n) is 5.04. The Morgan fingerprint density at radius 2 is 2.32 bits per heavy atom. The fourth-order valence-corrected chi connectivity index (χ4v) is 2.63. The molecular weight excluding hydrogens is 252 g/mol. The van der Waals surface area contributed by atoms with E-state index in [0.717, 1.165) is 0 Å². The van der Waals surface area contributed by atoms with Crippen molar-refractivity contribution >= 4 is 5.91 Å². The van der Waals surface area contributed by atoms with Gasteiger partial charge < -0.3 is 21.3 Å². The fraction of sp³-hybridized carbons (Fsp3) is 0.545. The Balaban J connectivity index is 2.31. The molecule has 102 valence electrons. The van der Waals surface area contributed by atoms with Crippen LogP contribution in [0.2, 0.25) is 0 Å². The number of aromatic hydroxyl groups is 1. The lowest BCUT2D eigenvalue weighted by atomic mass is 9.91. The average molecular weight is 266 g/mol. The smallest absolute Gasteiger partial charge is 0.296 e. The third-order valence-electron chi connectivity index (χ3n) is 3.70. The van der Waals surface area contributed by atoms with E-state index < -0.39 is 28.4 Å². The Morgan fingerprint density at radius 1 is 1.58 bits per heavy atom. The number of ether oxygens (including phenoxy) is 1. The van der Waals surface area contributed by atoms with Gasteiger partial charge in [-0.2, -0.15) is 0 Å². The van der Waals surface area contributed by atoms with Crippen molar-refractivity contribution in [1.29, 1.82) is 0 Å².